The molecule has 4 aliphatic carbocycles. The van der Waals surface area contributed by atoms with Crippen LogP contribution in [0.25, 0.3) is 0 Å². The largest absolute Gasteiger partial charge is 0.390 e. The lowest BCUT2D eigenvalue weighted by Crippen LogP contribution is -2.77. The van der Waals surface area contributed by atoms with Crippen LogP contribution in [0, 0.1) is 40.9 Å². The highest BCUT2D eigenvalue weighted by molar-refractivity contribution is 5.34. The van der Waals surface area contributed by atoms with E-state index in [4.69, 9.17) is 4.74 Å². The minimum atomic E-state index is -2.10. The SMILES string of the molecule is C[C@H]1CC[C@@H]2N(CC3C4C[C@@]56O[C@@]7(O)C([C@@H](O)[C@@H](O)C5[C@]4(O)[C@@H](O)[C@H](O)C3[C@]2(C)O)[C@]6(C)CC[C@@H]7O)C1. The molecule has 37 heavy (non-hydrogen) atoms. The van der Waals surface area contributed by atoms with E-state index in [-0.39, 0.29) is 18.9 Å². The molecule has 10 heteroatoms. The zero-order chi connectivity index (χ0) is 26.7. The maximum absolute atomic E-state index is 12.5. The molecule has 7 aliphatic rings. The third-order valence-corrected chi connectivity index (χ3v) is 12.9. The van der Waals surface area contributed by atoms with Crippen LogP contribution >= 0.6 is 0 Å². The second-order valence-corrected chi connectivity index (χ2v) is 14.4. The summed E-state index contributed by atoms with van der Waals surface area (Å²) < 4.78 is 6.42. The number of piperidine rings is 2. The third-order valence-electron chi connectivity index (χ3n) is 12.9. The van der Waals surface area contributed by atoms with Crippen molar-refractivity contribution in [1.82, 2.24) is 4.90 Å². The fourth-order valence-electron chi connectivity index (χ4n) is 11.4. The molecule has 0 radical (unpaired) electrons. The average Bonchev–Trinajstić information content (AvgIpc) is 3.13. The van der Waals surface area contributed by atoms with Crippen LogP contribution in [0.5, 0.6) is 0 Å². The van der Waals surface area contributed by atoms with E-state index in [1.165, 1.54) is 0 Å². The molecule has 0 aromatic carbocycles. The third kappa shape index (κ3) is 2.59. The van der Waals surface area contributed by atoms with Crippen molar-refractivity contribution in [3.8, 4) is 0 Å². The number of fused-ring (bicyclic) bond motifs is 5. The molecule has 3 aliphatic heterocycles. The number of rotatable bonds is 0. The van der Waals surface area contributed by atoms with E-state index in [0.717, 1.165) is 19.4 Å². The minimum Gasteiger partial charge on any atom is -0.390 e. The number of nitrogens with zero attached hydrogens (tertiary/aromatic N) is 1. The fourth-order valence-corrected chi connectivity index (χ4v) is 11.4. The Bertz CT molecular complexity index is 997. The van der Waals surface area contributed by atoms with Gasteiger partial charge in [-0.2, -0.15) is 0 Å². The van der Waals surface area contributed by atoms with Gasteiger partial charge in [-0.1, -0.05) is 13.8 Å². The first-order valence-electron chi connectivity index (χ1n) is 14.2. The van der Waals surface area contributed by atoms with Crippen LogP contribution in [0.15, 0.2) is 0 Å². The standard InChI is InChI=1S/C27H43NO9/c1-11-4-5-14-24(3,34)16-12(10-28(14)9-11)13-8-25-21(26(13,35)22(33)17(16)30)19(32)18(31)20-23(25,2)7-6-15(29)27(20,36)37-25/h11-22,29-36H,4-10H2,1-3H3/t11-,12?,13?,14-,15-,16?,17+,18-,19+,20?,21?,22-,23-,24+,25+,26-,27+/m0/s1. The summed E-state index contributed by atoms with van der Waals surface area (Å²) in [6.45, 7) is 7.08. The van der Waals surface area contributed by atoms with Crippen LogP contribution in [-0.2, 0) is 4.74 Å². The van der Waals surface area contributed by atoms with Gasteiger partial charge < -0.3 is 45.6 Å². The van der Waals surface area contributed by atoms with Gasteiger partial charge in [-0.05, 0) is 56.8 Å². The molecule has 4 saturated carbocycles. The Kier molecular flexibility index (Phi) is 5.02. The number of hydrogen-bond donors (Lipinski definition) is 8. The molecule has 3 saturated heterocycles. The van der Waals surface area contributed by atoms with Crippen LogP contribution in [0.1, 0.15) is 52.9 Å². The average molecular weight is 526 g/mol. The summed E-state index contributed by atoms with van der Waals surface area (Å²) >= 11 is 0. The molecule has 7 fully saturated rings. The summed E-state index contributed by atoms with van der Waals surface area (Å²) in [7, 11) is 0. The van der Waals surface area contributed by atoms with Gasteiger partial charge in [0, 0.05) is 36.4 Å². The summed E-state index contributed by atoms with van der Waals surface area (Å²) in [5.74, 6) is -5.64. The van der Waals surface area contributed by atoms with Crippen molar-refractivity contribution in [3.63, 3.8) is 0 Å². The van der Waals surface area contributed by atoms with Crippen LogP contribution in [-0.4, -0.2) is 118 Å². The second-order valence-electron chi connectivity index (χ2n) is 14.4. The Morgan fingerprint density at radius 1 is 0.838 bits per heavy atom. The topological polar surface area (TPSA) is 174 Å². The molecule has 8 N–H and O–H groups in total. The lowest BCUT2D eigenvalue weighted by atomic mass is 9.48. The van der Waals surface area contributed by atoms with Crippen molar-refractivity contribution in [2.75, 3.05) is 13.1 Å². The summed E-state index contributed by atoms with van der Waals surface area (Å²) in [5.41, 5.74) is -5.58. The predicted molar refractivity (Wildman–Crippen MR) is 128 cm³/mol. The fraction of sp³-hybridized carbons (Fsp3) is 1.00. The predicted octanol–water partition coefficient (Wildman–Crippen LogP) is -1.84. The van der Waals surface area contributed by atoms with Crippen molar-refractivity contribution < 1.29 is 45.6 Å². The Morgan fingerprint density at radius 2 is 1.51 bits per heavy atom. The Hall–Kier alpha value is -0.400. The van der Waals surface area contributed by atoms with Gasteiger partial charge in [-0.15, -0.1) is 0 Å². The molecular formula is C27H43NO9. The van der Waals surface area contributed by atoms with E-state index < -0.39 is 88.1 Å². The molecule has 4 bridgehead atoms. The molecule has 10 nitrogen and oxygen atoms in total. The van der Waals surface area contributed by atoms with Crippen molar-refractivity contribution in [1.29, 1.82) is 0 Å². The van der Waals surface area contributed by atoms with Gasteiger partial charge in [0.15, 0.2) is 5.79 Å². The van der Waals surface area contributed by atoms with Gasteiger partial charge in [0.25, 0.3) is 0 Å². The van der Waals surface area contributed by atoms with E-state index in [1.807, 2.05) is 6.92 Å². The van der Waals surface area contributed by atoms with Gasteiger partial charge in [0.05, 0.1) is 35.4 Å². The lowest BCUT2D eigenvalue weighted by molar-refractivity contribution is -0.296. The van der Waals surface area contributed by atoms with Crippen molar-refractivity contribution >= 4 is 0 Å². The minimum absolute atomic E-state index is 0.174. The molecule has 7 rings (SSSR count). The number of ether oxygens (including phenoxy) is 1. The van der Waals surface area contributed by atoms with E-state index in [9.17, 15) is 40.9 Å². The lowest BCUT2D eigenvalue weighted by Gasteiger charge is -2.63. The molecule has 1 spiro atoms. The maximum Gasteiger partial charge on any atom is 0.198 e. The summed E-state index contributed by atoms with van der Waals surface area (Å²) in [5, 5.41) is 92.8. The quantitative estimate of drug-likeness (QED) is 0.179. The molecule has 3 heterocycles. The van der Waals surface area contributed by atoms with E-state index in [2.05, 4.69) is 11.8 Å². The van der Waals surface area contributed by atoms with Crippen molar-refractivity contribution in [2.24, 2.45) is 40.9 Å². The van der Waals surface area contributed by atoms with Crippen LogP contribution in [0.3, 0.4) is 0 Å². The number of aliphatic hydroxyl groups excluding tert-OH is 5. The van der Waals surface area contributed by atoms with Gasteiger partial charge in [-0.3, -0.25) is 4.90 Å². The summed E-state index contributed by atoms with van der Waals surface area (Å²) in [6, 6.07) is -0.174. The van der Waals surface area contributed by atoms with Crippen LogP contribution in [0.2, 0.25) is 0 Å². The molecule has 5 unspecified atom stereocenters. The first kappa shape index (κ1) is 25.6. The first-order valence-corrected chi connectivity index (χ1v) is 14.2. The smallest absolute Gasteiger partial charge is 0.198 e. The summed E-state index contributed by atoms with van der Waals surface area (Å²) in [4.78, 5) is 2.25. The Balaban J connectivity index is 1.39. The zero-order valence-electron chi connectivity index (χ0n) is 21.8. The van der Waals surface area contributed by atoms with E-state index in [1.54, 1.807) is 6.92 Å². The van der Waals surface area contributed by atoms with Gasteiger partial charge in [0.2, 0.25) is 0 Å². The van der Waals surface area contributed by atoms with Crippen LogP contribution < -0.4 is 0 Å². The first-order chi connectivity index (χ1) is 17.2. The van der Waals surface area contributed by atoms with Gasteiger partial charge in [-0.25, -0.2) is 0 Å². The highest BCUT2D eigenvalue weighted by Crippen LogP contribution is 2.76. The second kappa shape index (κ2) is 7.26. The van der Waals surface area contributed by atoms with Gasteiger partial charge in [0.1, 0.15) is 17.8 Å². The maximum atomic E-state index is 12.5. The van der Waals surface area contributed by atoms with Crippen LogP contribution in [0.4, 0.5) is 0 Å². The van der Waals surface area contributed by atoms with Gasteiger partial charge >= 0.3 is 0 Å². The monoisotopic (exact) mass is 525 g/mol. The number of hydrogen-bond acceptors (Lipinski definition) is 10. The highest BCUT2D eigenvalue weighted by atomic mass is 16.7. The van der Waals surface area contributed by atoms with Crippen molar-refractivity contribution in [3.05, 3.63) is 0 Å². The Morgan fingerprint density at radius 3 is 2.22 bits per heavy atom. The van der Waals surface area contributed by atoms with E-state index >= 15 is 0 Å². The normalized spacial score (nSPS) is 68.5. The molecule has 17 atom stereocenters. The van der Waals surface area contributed by atoms with E-state index in [0.29, 0.717) is 18.9 Å². The molecule has 0 aromatic rings. The van der Waals surface area contributed by atoms with Crippen molar-refractivity contribution in [2.45, 2.75) is 112 Å². The summed E-state index contributed by atoms with van der Waals surface area (Å²) in [6.07, 6.45) is -4.91. The Labute approximate surface area is 216 Å². The molecule has 0 amide bonds. The molecule has 0 aromatic heterocycles. The highest BCUT2D eigenvalue weighted by Gasteiger charge is 2.88. The zero-order valence-corrected chi connectivity index (χ0v) is 21.8. The molecule has 210 valence electrons. The number of aliphatic hydroxyl groups is 8. The molecular weight excluding hydrogens is 482 g/mol.